The maximum atomic E-state index is 12.9. The molecule has 2 amide bonds. The van der Waals surface area contributed by atoms with Crippen LogP contribution in [0.2, 0.25) is 0 Å². The number of benzene rings is 1. The number of hydrogen-bond acceptors (Lipinski definition) is 6. The largest absolute Gasteiger partial charge is 0.462 e. The molecule has 0 fully saturated rings. The topological polar surface area (TPSA) is 84.5 Å². The maximum Gasteiger partial charge on any atom is 0.341 e. The summed E-state index contributed by atoms with van der Waals surface area (Å²) in [6.45, 7) is 5.36. The number of fused-ring (bicyclic) bond motifs is 1. The predicted octanol–water partition coefficient (Wildman–Crippen LogP) is 4.88. The Bertz CT molecular complexity index is 955. The van der Waals surface area contributed by atoms with Crippen LogP contribution in [0.25, 0.3) is 0 Å². The molecule has 0 spiro atoms. The number of rotatable bonds is 7. The standard InChI is InChI=1S/C22H26N2O4S2/c1-4-28-22(27)19-17-10-5-6-11-18(17)30-21(19)24-20(26)13(2)29-16-9-7-8-15(12-16)23-14(3)25/h7-9,12-13H,4-6,10-11H2,1-3H3,(H,23,25)(H,24,26). The van der Waals surface area contributed by atoms with Gasteiger partial charge in [0.15, 0.2) is 0 Å². The smallest absolute Gasteiger partial charge is 0.341 e. The fourth-order valence-corrected chi connectivity index (χ4v) is 5.60. The van der Waals surface area contributed by atoms with Crippen molar-refractivity contribution in [3.63, 3.8) is 0 Å². The van der Waals surface area contributed by atoms with Gasteiger partial charge in [0.05, 0.1) is 17.4 Å². The van der Waals surface area contributed by atoms with Crippen molar-refractivity contribution in [2.75, 3.05) is 17.2 Å². The molecular formula is C22H26N2O4S2. The third-order valence-electron chi connectivity index (χ3n) is 4.72. The Morgan fingerprint density at radius 1 is 1.20 bits per heavy atom. The van der Waals surface area contributed by atoms with Gasteiger partial charge >= 0.3 is 5.97 Å². The molecule has 0 aliphatic heterocycles. The minimum Gasteiger partial charge on any atom is -0.462 e. The van der Waals surface area contributed by atoms with Gasteiger partial charge < -0.3 is 15.4 Å². The van der Waals surface area contributed by atoms with Crippen LogP contribution in [0.3, 0.4) is 0 Å². The number of carbonyl (C=O) groups is 3. The van der Waals surface area contributed by atoms with Gasteiger partial charge in [-0.2, -0.15) is 0 Å². The van der Waals surface area contributed by atoms with E-state index in [9.17, 15) is 14.4 Å². The zero-order valence-corrected chi connectivity index (χ0v) is 19.0. The highest BCUT2D eigenvalue weighted by atomic mass is 32.2. The first-order chi connectivity index (χ1) is 14.4. The Labute approximate surface area is 184 Å². The van der Waals surface area contributed by atoms with Crippen LogP contribution in [-0.4, -0.2) is 29.6 Å². The van der Waals surface area contributed by atoms with E-state index in [-0.39, 0.29) is 23.0 Å². The number of esters is 1. The summed E-state index contributed by atoms with van der Waals surface area (Å²) in [5.74, 6) is -0.680. The van der Waals surface area contributed by atoms with Crippen LogP contribution in [0, 0.1) is 0 Å². The SMILES string of the molecule is CCOC(=O)c1c(NC(=O)C(C)Sc2cccc(NC(C)=O)c2)sc2c1CCCC2. The Morgan fingerprint density at radius 2 is 1.97 bits per heavy atom. The molecule has 1 aliphatic carbocycles. The van der Waals surface area contributed by atoms with Crippen molar-refractivity contribution in [1.82, 2.24) is 0 Å². The molecule has 30 heavy (non-hydrogen) atoms. The van der Waals surface area contributed by atoms with E-state index in [0.29, 0.717) is 22.9 Å². The van der Waals surface area contributed by atoms with Crippen LogP contribution in [-0.2, 0) is 27.2 Å². The van der Waals surface area contributed by atoms with Gasteiger partial charge in [-0.3, -0.25) is 9.59 Å². The zero-order valence-electron chi connectivity index (χ0n) is 17.4. The monoisotopic (exact) mass is 446 g/mol. The lowest BCUT2D eigenvalue weighted by molar-refractivity contribution is -0.115. The number of thiophene rings is 1. The molecule has 1 unspecified atom stereocenters. The van der Waals surface area contributed by atoms with E-state index in [1.54, 1.807) is 13.0 Å². The van der Waals surface area contributed by atoms with Crippen LogP contribution in [0.15, 0.2) is 29.2 Å². The van der Waals surface area contributed by atoms with E-state index in [2.05, 4.69) is 10.6 Å². The van der Waals surface area contributed by atoms with Crippen molar-refractivity contribution in [3.8, 4) is 0 Å². The second kappa shape index (κ2) is 10.1. The molecule has 1 atom stereocenters. The summed E-state index contributed by atoms with van der Waals surface area (Å²) >= 11 is 2.88. The molecule has 6 nitrogen and oxygen atoms in total. The second-order valence-electron chi connectivity index (χ2n) is 7.09. The minimum absolute atomic E-state index is 0.143. The predicted molar refractivity (Wildman–Crippen MR) is 122 cm³/mol. The van der Waals surface area contributed by atoms with Gasteiger partial charge in [-0.25, -0.2) is 4.79 Å². The van der Waals surface area contributed by atoms with Crippen LogP contribution in [0.1, 0.15) is 54.4 Å². The molecule has 0 saturated carbocycles. The Kier molecular flexibility index (Phi) is 7.55. The molecule has 1 aromatic carbocycles. The number of amides is 2. The minimum atomic E-state index is -0.383. The Balaban J connectivity index is 1.74. The van der Waals surface area contributed by atoms with E-state index in [4.69, 9.17) is 4.74 Å². The van der Waals surface area contributed by atoms with E-state index in [1.807, 2.05) is 25.1 Å². The summed E-state index contributed by atoms with van der Waals surface area (Å²) in [4.78, 5) is 38.7. The molecule has 0 saturated heterocycles. The zero-order chi connectivity index (χ0) is 21.7. The highest BCUT2D eigenvalue weighted by Gasteiger charge is 2.28. The van der Waals surface area contributed by atoms with Crippen molar-refractivity contribution >= 4 is 51.6 Å². The number of thioether (sulfide) groups is 1. The number of nitrogens with one attached hydrogen (secondary N) is 2. The Hall–Kier alpha value is -2.32. The quantitative estimate of drug-likeness (QED) is 0.468. The van der Waals surface area contributed by atoms with E-state index in [1.165, 1.54) is 34.9 Å². The van der Waals surface area contributed by atoms with Crippen LogP contribution in [0.4, 0.5) is 10.7 Å². The fraction of sp³-hybridized carbons (Fsp3) is 0.409. The van der Waals surface area contributed by atoms with Gasteiger partial charge in [0.2, 0.25) is 11.8 Å². The maximum absolute atomic E-state index is 12.9. The summed E-state index contributed by atoms with van der Waals surface area (Å²) in [5.41, 5.74) is 2.24. The van der Waals surface area contributed by atoms with Gasteiger partial charge in [-0.1, -0.05) is 6.07 Å². The van der Waals surface area contributed by atoms with Crippen molar-refractivity contribution in [1.29, 1.82) is 0 Å². The average Bonchev–Trinajstić information content (AvgIpc) is 3.05. The highest BCUT2D eigenvalue weighted by molar-refractivity contribution is 8.00. The molecule has 2 aromatic rings. The van der Waals surface area contributed by atoms with Crippen molar-refractivity contribution in [2.45, 2.75) is 56.6 Å². The van der Waals surface area contributed by atoms with Crippen LogP contribution >= 0.6 is 23.1 Å². The fourth-order valence-electron chi connectivity index (χ4n) is 3.39. The normalized spacial score (nSPS) is 13.8. The van der Waals surface area contributed by atoms with Gasteiger partial charge in [-0.05, 0) is 63.3 Å². The van der Waals surface area contributed by atoms with Gasteiger partial charge in [0, 0.05) is 22.4 Å². The van der Waals surface area contributed by atoms with Gasteiger partial charge in [-0.15, -0.1) is 23.1 Å². The molecule has 160 valence electrons. The molecular weight excluding hydrogens is 420 g/mol. The summed E-state index contributed by atoms with van der Waals surface area (Å²) in [6, 6.07) is 7.37. The number of carbonyl (C=O) groups excluding carboxylic acids is 3. The van der Waals surface area contributed by atoms with Crippen LogP contribution < -0.4 is 10.6 Å². The molecule has 2 N–H and O–H groups in total. The molecule has 0 radical (unpaired) electrons. The summed E-state index contributed by atoms with van der Waals surface area (Å²) < 4.78 is 5.25. The van der Waals surface area contributed by atoms with Crippen molar-refractivity contribution < 1.29 is 19.1 Å². The molecule has 1 aliphatic rings. The van der Waals surface area contributed by atoms with Gasteiger partial charge in [0.1, 0.15) is 5.00 Å². The summed E-state index contributed by atoms with van der Waals surface area (Å²) in [5, 5.41) is 5.91. The third kappa shape index (κ3) is 5.43. The van der Waals surface area contributed by atoms with Crippen molar-refractivity contribution in [3.05, 3.63) is 40.3 Å². The lowest BCUT2D eigenvalue weighted by atomic mass is 9.95. The van der Waals surface area contributed by atoms with Crippen molar-refractivity contribution in [2.24, 2.45) is 0 Å². The third-order valence-corrected chi connectivity index (χ3v) is 7.03. The first-order valence-corrected chi connectivity index (χ1v) is 11.8. The van der Waals surface area contributed by atoms with Crippen LogP contribution in [0.5, 0.6) is 0 Å². The van der Waals surface area contributed by atoms with E-state index in [0.717, 1.165) is 36.1 Å². The highest BCUT2D eigenvalue weighted by Crippen LogP contribution is 2.39. The second-order valence-corrected chi connectivity index (χ2v) is 9.61. The first kappa shape index (κ1) is 22.4. The molecule has 1 heterocycles. The number of ether oxygens (including phenoxy) is 1. The Morgan fingerprint density at radius 3 is 2.70 bits per heavy atom. The first-order valence-electron chi connectivity index (χ1n) is 10.1. The number of hydrogen-bond donors (Lipinski definition) is 2. The van der Waals surface area contributed by atoms with E-state index >= 15 is 0 Å². The molecule has 1 aromatic heterocycles. The van der Waals surface area contributed by atoms with Gasteiger partial charge in [0.25, 0.3) is 0 Å². The lowest BCUT2D eigenvalue weighted by Gasteiger charge is -2.14. The number of aryl methyl sites for hydroxylation is 1. The number of anilines is 2. The molecule has 3 rings (SSSR count). The molecule has 0 bridgehead atoms. The molecule has 8 heteroatoms. The average molecular weight is 447 g/mol. The summed E-state index contributed by atoms with van der Waals surface area (Å²) in [7, 11) is 0. The summed E-state index contributed by atoms with van der Waals surface area (Å²) in [6.07, 6.45) is 3.92. The van der Waals surface area contributed by atoms with E-state index < -0.39 is 0 Å². The lowest BCUT2D eigenvalue weighted by Crippen LogP contribution is -2.23.